The van der Waals surface area contributed by atoms with Gasteiger partial charge in [0, 0.05) is 11.1 Å². The molecule has 7 heteroatoms. The fourth-order valence-corrected chi connectivity index (χ4v) is 3.10. The molecular weight excluding hydrogens is 273 g/mol. The van der Waals surface area contributed by atoms with Crippen LogP contribution in [0.2, 0.25) is 0 Å². The molecule has 1 amide bonds. The monoisotopic (exact) mass is 289 g/mol. The van der Waals surface area contributed by atoms with E-state index in [0.29, 0.717) is 24.2 Å². The Hall–Kier alpha value is -0.810. The highest BCUT2D eigenvalue weighted by molar-refractivity contribution is 7.99. The second kappa shape index (κ2) is 6.95. The number of amides is 1. The van der Waals surface area contributed by atoms with E-state index in [2.05, 4.69) is 0 Å². The van der Waals surface area contributed by atoms with Gasteiger partial charge in [-0.3, -0.25) is 9.36 Å². The zero-order valence-corrected chi connectivity index (χ0v) is 11.5. The van der Waals surface area contributed by atoms with Crippen LogP contribution in [0.15, 0.2) is 29.2 Å². The first-order chi connectivity index (χ1) is 8.40. The molecule has 0 aliphatic rings. The molecular formula is C11H16NO4PS. The summed E-state index contributed by atoms with van der Waals surface area (Å²) in [6, 6.07) is 7.05. The molecule has 0 radical (unpaired) electrons. The molecule has 1 aromatic carbocycles. The van der Waals surface area contributed by atoms with Crippen LogP contribution in [-0.4, -0.2) is 27.6 Å². The van der Waals surface area contributed by atoms with Gasteiger partial charge in [-0.25, -0.2) is 0 Å². The highest BCUT2D eigenvalue weighted by Gasteiger charge is 2.12. The Bertz CT molecular complexity index is 460. The molecule has 0 aliphatic carbocycles. The van der Waals surface area contributed by atoms with Crippen molar-refractivity contribution < 1.29 is 19.1 Å². The predicted octanol–water partition coefficient (Wildman–Crippen LogP) is 1.84. The lowest BCUT2D eigenvalue weighted by atomic mass is 10.2. The third-order valence-electron chi connectivity index (χ3n) is 2.25. The van der Waals surface area contributed by atoms with Crippen molar-refractivity contribution in [1.29, 1.82) is 0 Å². The van der Waals surface area contributed by atoms with E-state index >= 15 is 0 Å². The van der Waals surface area contributed by atoms with Crippen LogP contribution in [0, 0.1) is 0 Å². The summed E-state index contributed by atoms with van der Waals surface area (Å²) in [5.41, 5.74) is 5.73. The quantitative estimate of drug-likeness (QED) is 0.404. The van der Waals surface area contributed by atoms with Crippen molar-refractivity contribution in [3.63, 3.8) is 0 Å². The van der Waals surface area contributed by atoms with Crippen molar-refractivity contribution >= 4 is 25.3 Å². The second-order valence-corrected chi connectivity index (χ2v) is 6.72. The maximum atomic E-state index is 11.1. The van der Waals surface area contributed by atoms with E-state index < -0.39 is 13.5 Å². The lowest BCUT2D eigenvalue weighted by molar-refractivity contribution is 0.0997. The minimum absolute atomic E-state index is 0.0922. The van der Waals surface area contributed by atoms with Crippen molar-refractivity contribution in [3.05, 3.63) is 29.8 Å². The minimum atomic E-state index is -3.89. The molecule has 0 fully saturated rings. The maximum Gasteiger partial charge on any atom is 0.325 e. The summed E-state index contributed by atoms with van der Waals surface area (Å²) in [6.07, 6.45) is 1.06. The third kappa shape index (κ3) is 5.69. The molecule has 0 heterocycles. The Morgan fingerprint density at radius 3 is 2.56 bits per heavy atom. The zero-order chi connectivity index (χ0) is 13.6. The summed E-state index contributed by atoms with van der Waals surface area (Å²) in [7, 11) is -3.89. The Kier molecular flexibility index (Phi) is 5.88. The summed E-state index contributed by atoms with van der Waals surface area (Å²) in [5.74, 6) is 0.234. The minimum Gasteiger partial charge on any atom is -0.366 e. The second-order valence-electron chi connectivity index (χ2n) is 3.80. The first-order valence-electron chi connectivity index (χ1n) is 5.46. The van der Waals surface area contributed by atoms with E-state index in [1.54, 1.807) is 12.1 Å². The first kappa shape index (κ1) is 15.2. The van der Waals surface area contributed by atoms with Crippen LogP contribution in [0.25, 0.3) is 0 Å². The van der Waals surface area contributed by atoms with Crippen molar-refractivity contribution in [1.82, 2.24) is 0 Å². The highest BCUT2D eigenvalue weighted by Crippen LogP contribution is 2.35. The van der Waals surface area contributed by atoms with Gasteiger partial charge in [0.05, 0.1) is 5.56 Å². The number of rotatable bonds is 7. The SMILES string of the molecule is NC(=O)c1ccccc1SCCCCP(=O)(O)O. The van der Waals surface area contributed by atoms with Gasteiger partial charge in [0.1, 0.15) is 0 Å². The van der Waals surface area contributed by atoms with Crippen LogP contribution in [0.1, 0.15) is 23.2 Å². The van der Waals surface area contributed by atoms with E-state index in [1.165, 1.54) is 11.8 Å². The molecule has 0 aromatic heterocycles. The summed E-state index contributed by atoms with van der Waals surface area (Å²) in [5, 5.41) is 0. The normalized spacial score (nSPS) is 11.4. The number of hydrogen-bond donors (Lipinski definition) is 3. The van der Waals surface area contributed by atoms with E-state index in [1.807, 2.05) is 12.1 Å². The number of benzene rings is 1. The number of carbonyl (C=O) groups excluding carboxylic acids is 1. The molecule has 18 heavy (non-hydrogen) atoms. The lowest BCUT2D eigenvalue weighted by Crippen LogP contribution is -2.12. The molecule has 0 spiro atoms. The van der Waals surface area contributed by atoms with Gasteiger partial charge < -0.3 is 15.5 Å². The van der Waals surface area contributed by atoms with Crippen molar-refractivity contribution in [3.8, 4) is 0 Å². The summed E-state index contributed by atoms with van der Waals surface area (Å²) in [6.45, 7) is 0. The largest absolute Gasteiger partial charge is 0.366 e. The van der Waals surface area contributed by atoms with Gasteiger partial charge in [0.25, 0.3) is 0 Å². The molecule has 0 bridgehead atoms. The Balaban J connectivity index is 2.40. The summed E-state index contributed by atoms with van der Waals surface area (Å²) in [4.78, 5) is 29.3. The van der Waals surface area contributed by atoms with Crippen molar-refractivity contribution in [2.24, 2.45) is 5.73 Å². The van der Waals surface area contributed by atoms with Crippen LogP contribution in [0.4, 0.5) is 0 Å². The average Bonchev–Trinajstić information content (AvgIpc) is 2.27. The molecule has 1 aromatic rings. The third-order valence-corrected chi connectivity index (χ3v) is 4.31. The molecule has 0 atom stereocenters. The standard InChI is InChI=1S/C11H16NO4PS/c12-11(13)9-5-1-2-6-10(9)18-8-4-3-7-17(14,15)16/h1-2,5-6H,3-4,7-8H2,(H2,12,13)(H2,14,15,16). The predicted molar refractivity (Wildman–Crippen MR) is 71.8 cm³/mol. The summed E-state index contributed by atoms with van der Waals surface area (Å²) >= 11 is 1.47. The van der Waals surface area contributed by atoms with Gasteiger partial charge >= 0.3 is 7.60 Å². The van der Waals surface area contributed by atoms with Gasteiger partial charge in [0.15, 0.2) is 0 Å². The van der Waals surface area contributed by atoms with Gasteiger partial charge in [-0.15, -0.1) is 11.8 Å². The molecule has 0 saturated carbocycles. The molecule has 1 rings (SSSR count). The van der Waals surface area contributed by atoms with E-state index in [4.69, 9.17) is 15.5 Å². The van der Waals surface area contributed by atoms with Gasteiger partial charge in [0.2, 0.25) is 5.91 Å². The fraction of sp³-hybridized carbons (Fsp3) is 0.364. The number of primary amides is 1. The first-order valence-corrected chi connectivity index (χ1v) is 8.24. The van der Waals surface area contributed by atoms with Crippen molar-refractivity contribution in [2.45, 2.75) is 17.7 Å². The highest BCUT2D eigenvalue weighted by atomic mass is 32.2. The lowest BCUT2D eigenvalue weighted by Gasteiger charge is -2.06. The molecule has 100 valence electrons. The van der Waals surface area contributed by atoms with Crippen molar-refractivity contribution in [2.75, 3.05) is 11.9 Å². The summed E-state index contributed by atoms with van der Waals surface area (Å²) < 4.78 is 10.6. The van der Waals surface area contributed by atoms with Crippen LogP contribution in [-0.2, 0) is 4.57 Å². The van der Waals surface area contributed by atoms with E-state index in [-0.39, 0.29) is 6.16 Å². The van der Waals surface area contributed by atoms with Crippen LogP contribution < -0.4 is 5.73 Å². The zero-order valence-electron chi connectivity index (χ0n) is 9.78. The van der Waals surface area contributed by atoms with E-state index in [9.17, 15) is 9.36 Å². The molecule has 0 saturated heterocycles. The van der Waals surface area contributed by atoms with E-state index in [0.717, 1.165) is 4.90 Å². The number of nitrogens with two attached hydrogens (primary N) is 1. The average molecular weight is 289 g/mol. The Morgan fingerprint density at radius 2 is 1.94 bits per heavy atom. The molecule has 0 unspecified atom stereocenters. The molecule has 5 nitrogen and oxygen atoms in total. The molecule has 4 N–H and O–H groups in total. The van der Waals surface area contributed by atoms with Crippen LogP contribution >= 0.6 is 19.4 Å². The van der Waals surface area contributed by atoms with Crippen LogP contribution in [0.5, 0.6) is 0 Å². The number of hydrogen-bond acceptors (Lipinski definition) is 3. The number of unbranched alkanes of at least 4 members (excludes halogenated alkanes) is 1. The molecule has 0 aliphatic heterocycles. The van der Waals surface area contributed by atoms with Gasteiger partial charge in [-0.2, -0.15) is 0 Å². The fourth-order valence-electron chi connectivity index (χ4n) is 1.40. The number of thioether (sulfide) groups is 1. The van der Waals surface area contributed by atoms with Gasteiger partial charge in [-0.1, -0.05) is 12.1 Å². The van der Waals surface area contributed by atoms with Gasteiger partial charge in [-0.05, 0) is 30.7 Å². The maximum absolute atomic E-state index is 11.1. The van der Waals surface area contributed by atoms with Crippen LogP contribution in [0.3, 0.4) is 0 Å². The number of carbonyl (C=O) groups is 1. The Morgan fingerprint density at radius 1 is 1.28 bits per heavy atom. The Labute approximate surface area is 110 Å². The topological polar surface area (TPSA) is 101 Å². The smallest absolute Gasteiger partial charge is 0.325 e.